The molecule has 25 heavy (non-hydrogen) atoms. The van der Waals surface area contributed by atoms with Gasteiger partial charge in [0.2, 0.25) is 5.91 Å². The maximum absolute atomic E-state index is 12.3. The first-order chi connectivity index (χ1) is 12.1. The van der Waals surface area contributed by atoms with Crippen LogP contribution in [0.5, 0.6) is 17.2 Å². The number of carbonyl (C=O) groups excluding carboxylic acids is 1. The van der Waals surface area contributed by atoms with E-state index in [0.29, 0.717) is 25.2 Å². The molecular weight excluding hydrogens is 318 g/mol. The number of phenolic OH excluding ortho intramolecular Hbond substituents is 2. The first kappa shape index (κ1) is 16.9. The fourth-order valence-electron chi connectivity index (χ4n) is 3.06. The fraction of sp³-hybridized carbons (Fsp3) is 0.250. The lowest BCUT2D eigenvalue weighted by atomic mass is 9.85. The van der Waals surface area contributed by atoms with Gasteiger partial charge >= 0.3 is 0 Å². The molecule has 5 heteroatoms. The van der Waals surface area contributed by atoms with Crippen LogP contribution in [0.2, 0.25) is 0 Å². The number of aromatic hydroxyl groups is 2. The quantitative estimate of drug-likeness (QED) is 0.730. The van der Waals surface area contributed by atoms with Crippen molar-refractivity contribution in [1.29, 1.82) is 0 Å². The Morgan fingerprint density at radius 2 is 1.92 bits per heavy atom. The van der Waals surface area contributed by atoms with E-state index in [1.54, 1.807) is 36.4 Å². The Morgan fingerprint density at radius 1 is 1.20 bits per heavy atom. The molecule has 0 saturated carbocycles. The molecule has 1 aliphatic heterocycles. The number of fused-ring (bicyclic) bond motifs is 1. The molecule has 0 radical (unpaired) electrons. The molecule has 0 fully saturated rings. The zero-order valence-electron chi connectivity index (χ0n) is 13.8. The molecule has 130 valence electrons. The minimum absolute atomic E-state index is 0.0606. The van der Waals surface area contributed by atoms with Crippen molar-refractivity contribution in [3.8, 4) is 17.2 Å². The summed E-state index contributed by atoms with van der Waals surface area (Å²) in [4.78, 5) is 12.3. The minimum Gasteiger partial charge on any atom is -0.508 e. The average molecular weight is 339 g/mol. The van der Waals surface area contributed by atoms with Gasteiger partial charge in [-0.3, -0.25) is 4.79 Å². The molecule has 2 unspecified atom stereocenters. The van der Waals surface area contributed by atoms with Crippen LogP contribution < -0.4 is 10.1 Å². The SMILES string of the molecule is C=CCCC(=O)NC1c2ccc(O)cc2OCC1c1ccc(O)cc1. The summed E-state index contributed by atoms with van der Waals surface area (Å²) >= 11 is 0. The van der Waals surface area contributed by atoms with Gasteiger partial charge in [-0.15, -0.1) is 6.58 Å². The maximum Gasteiger partial charge on any atom is 0.220 e. The lowest BCUT2D eigenvalue weighted by Gasteiger charge is -2.34. The van der Waals surface area contributed by atoms with Crippen molar-refractivity contribution < 1.29 is 19.7 Å². The molecule has 0 aliphatic carbocycles. The van der Waals surface area contributed by atoms with E-state index in [4.69, 9.17) is 4.74 Å². The number of hydrogen-bond acceptors (Lipinski definition) is 4. The number of nitrogens with one attached hydrogen (secondary N) is 1. The predicted molar refractivity (Wildman–Crippen MR) is 94.8 cm³/mol. The minimum atomic E-state index is -0.272. The third kappa shape index (κ3) is 3.76. The molecule has 3 rings (SSSR count). The van der Waals surface area contributed by atoms with Crippen LogP contribution >= 0.6 is 0 Å². The molecule has 0 saturated heterocycles. The Bertz CT molecular complexity index is 770. The first-order valence-electron chi connectivity index (χ1n) is 8.23. The van der Waals surface area contributed by atoms with Gasteiger partial charge in [0, 0.05) is 24.0 Å². The Hall–Kier alpha value is -2.95. The van der Waals surface area contributed by atoms with Crippen LogP contribution in [0.15, 0.2) is 55.1 Å². The highest BCUT2D eigenvalue weighted by molar-refractivity contribution is 5.77. The number of allylic oxidation sites excluding steroid dienone is 1. The lowest BCUT2D eigenvalue weighted by Crippen LogP contribution is -2.37. The molecule has 1 heterocycles. The van der Waals surface area contributed by atoms with Crippen molar-refractivity contribution in [2.45, 2.75) is 24.8 Å². The molecule has 5 nitrogen and oxygen atoms in total. The third-order valence-electron chi connectivity index (χ3n) is 4.37. The summed E-state index contributed by atoms with van der Waals surface area (Å²) in [5.74, 6) is 0.736. The number of carbonyl (C=O) groups is 1. The average Bonchev–Trinajstić information content (AvgIpc) is 2.61. The zero-order chi connectivity index (χ0) is 17.8. The van der Waals surface area contributed by atoms with Crippen LogP contribution in [0.4, 0.5) is 0 Å². The van der Waals surface area contributed by atoms with Crippen LogP contribution in [0.1, 0.15) is 35.9 Å². The van der Waals surface area contributed by atoms with Crippen LogP contribution in [0.25, 0.3) is 0 Å². The molecular formula is C20H21NO4. The highest BCUT2D eigenvalue weighted by Crippen LogP contribution is 2.42. The number of benzene rings is 2. The Labute approximate surface area is 146 Å². The lowest BCUT2D eigenvalue weighted by molar-refractivity contribution is -0.122. The normalized spacial score (nSPS) is 18.7. The van der Waals surface area contributed by atoms with Crippen molar-refractivity contribution in [2.24, 2.45) is 0 Å². The third-order valence-corrected chi connectivity index (χ3v) is 4.37. The maximum atomic E-state index is 12.3. The van der Waals surface area contributed by atoms with Gasteiger partial charge in [0.05, 0.1) is 12.6 Å². The van der Waals surface area contributed by atoms with Crippen LogP contribution in [-0.4, -0.2) is 22.7 Å². The van der Waals surface area contributed by atoms with Gasteiger partial charge in [0.1, 0.15) is 17.2 Å². The second kappa shape index (κ2) is 7.30. The van der Waals surface area contributed by atoms with E-state index in [2.05, 4.69) is 11.9 Å². The van der Waals surface area contributed by atoms with Gasteiger partial charge in [0.15, 0.2) is 0 Å². The molecule has 1 amide bonds. The smallest absolute Gasteiger partial charge is 0.220 e. The number of amides is 1. The molecule has 3 N–H and O–H groups in total. The van der Waals surface area contributed by atoms with Gasteiger partial charge in [-0.25, -0.2) is 0 Å². The molecule has 1 aliphatic rings. The molecule has 0 spiro atoms. The van der Waals surface area contributed by atoms with Crippen molar-refractivity contribution in [3.05, 3.63) is 66.2 Å². The monoisotopic (exact) mass is 339 g/mol. The summed E-state index contributed by atoms with van der Waals surface area (Å²) in [7, 11) is 0. The zero-order valence-corrected chi connectivity index (χ0v) is 13.8. The summed E-state index contributed by atoms with van der Waals surface area (Å²) in [6, 6.07) is 11.6. The van der Waals surface area contributed by atoms with Crippen molar-refractivity contribution in [3.63, 3.8) is 0 Å². The molecule has 0 bridgehead atoms. The summed E-state index contributed by atoms with van der Waals surface area (Å²) in [6.45, 7) is 4.01. The second-order valence-corrected chi connectivity index (χ2v) is 6.10. The van der Waals surface area contributed by atoms with Gasteiger partial charge in [-0.1, -0.05) is 18.2 Å². The topological polar surface area (TPSA) is 78.8 Å². The predicted octanol–water partition coefficient (Wildman–Crippen LogP) is 3.40. The largest absolute Gasteiger partial charge is 0.508 e. The second-order valence-electron chi connectivity index (χ2n) is 6.10. The Kier molecular flexibility index (Phi) is 4.93. The summed E-state index contributed by atoms with van der Waals surface area (Å²) in [5, 5.41) is 22.3. The van der Waals surface area contributed by atoms with Gasteiger partial charge in [-0.2, -0.15) is 0 Å². The van der Waals surface area contributed by atoms with Gasteiger partial charge in [-0.05, 0) is 36.2 Å². The molecule has 2 aromatic rings. The van der Waals surface area contributed by atoms with Crippen molar-refractivity contribution in [1.82, 2.24) is 5.32 Å². The van der Waals surface area contributed by atoms with E-state index in [1.807, 2.05) is 12.1 Å². The molecule has 2 atom stereocenters. The summed E-state index contributed by atoms with van der Waals surface area (Å²) < 4.78 is 5.80. The number of phenols is 2. The molecule has 2 aromatic carbocycles. The highest BCUT2D eigenvalue weighted by Gasteiger charge is 2.33. The van der Waals surface area contributed by atoms with Crippen molar-refractivity contribution >= 4 is 5.91 Å². The number of ether oxygens (including phenoxy) is 1. The number of rotatable bonds is 5. The van der Waals surface area contributed by atoms with E-state index in [-0.39, 0.29) is 29.4 Å². The Balaban J connectivity index is 1.93. The standard InChI is InChI=1S/C20H21NO4/c1-2-3-4-19(24)21-20-16-10-9-15(23)11-18(16)25-12-17(20)13-5-7-14(22)8-6-13/h2,5-11,17,20,22-23H,1,3-4,12H2,(H,21,24). The van der Waals surface area contributed by atoms with Crippen LogP contribution in [0.3, 0.4) is 0 Å². The summed E-state index contributed by atoms with van der Waals surface area (Å²) in [6.07, 6.45) is 2.70. The van der Waals surface area contributed by atoms with E-state index in [1.165, 1.54) is 0 Å². The number of hydrogen-bond donors (Lipinski definition) is 3. The molecule has 0 aromatic heterocycles. The highest BCUT2D eigenvalue weighted by atomic mass is 16.5. The summed E-state index contributed by atoms with van der Waals surface area (Å²) in [5.41, 5.74) is 1.79. The van der Waals surface area contributed by atoms with Gasteiger partial charge < -0.3 is 20.3 Å². The van der Waals surface area contributed by atoms with Crippen LogP contribution in [0, 0.1) is 0 Å². The van der Waals surface area contributed by atoms with E-state index < -0.39 is 0 Å². The Morgan fingerprint density at radius 3 is 2.64 bits per heavy atom. The van der Waals surface area contributed by atoms with E-state index in [9.17, 15) is 15.0 Å². The van der Waals surface area contributed by atoms with E-state index >= 15 is 0 Å². The van der Waals surface area contributed by atoms with Crippen molar-refractivity contribution in [2.75, 3.05) is 6.61 Å². The van der Waals surface area contributed by atoms with E-state index in [0.717, 1.165) is 11.1 Å². The van der Waals surface area contributed by atoms with Gasteiger partial charge in [0.25, 0.3) is 0 Å². The first-order valence-corrected chi connectivity index (χ1v) is 8.23. The fourth-order valence-corrected chi connectivity index (χ4v) is 3.06. The van der Waals surface area contributed by atoms with Crippen LogP contribution in [-0.2, 0) is 4.79 Å².